The molecule has 0 aliphatic carbocycles. The third-order valence-corrected chi connectivity index (χ3v) is 1.46. The minimum atomic E-state index is -0.151. The van der Waals surface area contributed by atoms with Crippen molar-refractivity contribution in [2.45, 2.75) is 26.4 Å². The fourth-order valence-corrected chi connectivity index (χ4v) is 0.805. The van der Waals surface area contributed by atoms with Gasteiger partial charge in [-0.15, -0.1) is 0 Å². The molecule has 4 heteroatoms. The van der Waals surface area contributed by atoms with Crippen LogP contribution in [0.5, 0.6) is 0 Å². The normalized spacial score (nSPS) is 12.4. The lowest BCUT2D eigenvalue weighted by Crippen LogP contribution is -2.23. The van der Waals surface area contributed by atoms with E-state index in [-0.39, 0.29) is 6.04 Å². The monoisotopic (exact) mass is 165 g/mol. The van der Waals surface area contributed by atoms with Crippen LogP contribution >= 0.6 is 0 Å². The number of aryl methyl sites for hydroxylation is 1. The topological polar surface area (TPSA) is 61.9 Å². The number of nitriles is 1. The molecular formula is C8H11N3O. The van der Waals surface area contributed by atoms with Crippen molar-refractivity contribution in [3.8, 4) is 6.07 Å². The molecule has 1 unspecified atom stereocenters. The lowest BCUT2D eigenvalue weighted by atomic mass is 10.3. The predicted octanol–water partition coefficient (Wildman–Crippen LogP) is 0.985. The molecule has 0 saturated heterocycles. The largest absolute Gasteiger partial charge is 0.361 e. The third-order valence-electron chi connectivity index (χ3n) is 1.46. The second-order valence-corrected chi connectivity index (χ2v) is 2.66. The van der Waals surface area contributed by atoms with E-state index in [4.69, 9.17) is 9.78 Å². The summed E-state index contributed by atoms with van der Waals surface area (Å²) >= 11 is 0. The van der Waals surface area contributed by atoms with Crippen LogP contribution in [0.1, 0.15) is 18.4 Å². The van der Waals surface area contributed by atoms with E-state index in [9.17, 15) is 0 Å². The first-order chi connectivity index (χ1) is 5.72. The molecule has 0 aromatic carbocycles. The first-order valence-corrected chi connectivity index (χ1v) is 3.77. The van der Waals surface area contributed by atoms with Crippen LogP contribution in [0.15, 0.2) is 10.6 Å². The summed E-state index contributed by atoms with van der Waals surface area (Å²) < 4.78 is 4.86. The molecule has 0 radical (unpaired) electrons. The Morgan fingerprint density at radius 1 is 1.83 bits per heavy atom. The van der Waals surface area contributed by atoms with E-state index in [0.29, 0.717) is 6.54 Å². The van der Waals surface area contributed by atoms with Gasteiger partial charge in [0.25, 0.3) is 0 Å². The van der Waals surface area contributed by atoms with Crippen LogP contribution in [0.25, 0.3) is 0 Å². The maximum Gasteiger partial charge on any atom is 0.133 e. The fraction of sp³-hybridized carbons (Fsp3) is 0.500. The van der Waals surface area contributed by atoms with Gasteiger partial charge in [-0.1, -0.05) is 5.16 Å². The Hall–Kier alpha value is -1.34. The van der Waals surface area contributed by atoms with E-state index in [1.165, 1.54) is 0 Å². The quantitative estimate of drug-likeness (QED) is 0.725. The van der Waals surface area contributed by atoms with Crippen molar-refractivity contribution in [3.63, 3.8) is 0 Å². The van der Waals surface area contributed by atoms with E-state index in [1.54, 1.807) is 6.92 Å². The molecule has 1 aromatic heterocycles. The van der Waals surface area contributed by atoms with Gasteiger partial charge >= 0.3 is 0 Å². The molecule has 0 saturated carbocycles. The molecule has 12 heavy (non-hydrogen) atoms. The van der Waals surface area contributed by atoms with Crippen molar-refractivity contribution in [3.05, 3.63) is 17.5 Å². The summed E-state index contributed by atoms with van der Waals surface area (Å²) in [7, 11) is 0. The van der Waals surface area contributed by atoms with Crippen LogP contribution in [-0.4, -0.2) is 11.2 Å². The van der Waals surface area contributed by atoms with Gasteiger partial charge in [0.15, 0.2) is 0 Å². The molecular weight excluding hydrogens is 154 g/mol. The van der Waals surface area contributed by atoms with Crippen molar-refractivity contribution in [1.82, 2.24) is 10.5 Å². The second-order valence-electron chi connectivity index (χ2n) is 2.66. The molecule has 1 N–H and O–H groups in total. The van der Waals surface area contributed by atoms with Crippen molar-refractivity contribution < 1.29 is 4.52 Å². The Morgan fingerprint density at radius 2 is 2.58 bits per heavy atom. The lowest BCUT2D eigenvalue weighted by Gasteiger charge is -2.01. The summed E-state index contributed by atoms with van der Waals surface area (Å²) in [5.74, 6) is 0.788. The highest BCUT2D eigenvalue weighted by Gasteiger charge is 2.02. The van der Waals surface area contributed by atoms with Crippen LogP contribution < -0.4 is 5.32 Å². The zero-order chi connectivity index (χ0) is 8.97. The molecule has 0 spiro atoms. The van der Waals surface area contributed by atoms with Gasteiger partial charge in [0.05, 0.1) is 17.8 Å². The molecule has 0 amide bonds. The first-order valence-electron chi connectivity index (χ1n) is 3.77. The summed E-state index contributed by atoms with van der Waals surface area (Å²) in [6, 6.07) is 3.77. The average molecular weight is 165 g/mol. The highest BCUT2D eigenvalue weighted by atomic mass is 16.5. The van der Waals surface area contributed by atoms with Gasteiger partial charge in [-0.05, 0) is 13.8 Å². The van der Waals surface area contributed by atoms with Crippen LogP contribution in [0.2, 0.25) is 0 Å². The van der Waals surface area contributed by atoms with Crippen molar-refractivity contribution in [2.24, 2.45) is 0 Å². The molecule has 1 rings (SSSR count). The summed E-state index contributed by atoms with van der Waals surface area (Å²) in [4.78, 5) is 0. The maximum absolute atomic E-state index is 8.46. The Bertz CT molecular complexity index is 287. The third kappa shape index (κ3) is 2.36. The average Bonchev–Trinajstić information content (AvgIpc) is 2.47. The minimum Gasteiger partial charge on any atom is -0.361 e. The minimum absolute atomic E-state index is 0.151. The van der Waals surface area contributed by atoms with E-state index >= 15 is 0 Å². The first kappa shape index (κ1) is 8.75. The molecule has 4 nitrogen and oxygen atoms in total. The zero-order valence-corrected chi connectivity index (χ0v) is 7.16. The standard InChI is InChI=1S/C8H11N3O/c1-6(4-9)10-5-8-3-7(2)12-11-8/h3,6,10H,5H2,1-2H3. The lowest BCUT2D eigenvalue weighted by molar-refractivity contribution is 0.387. The number of rotatable bonds is 3. The molecule has 1 atom stereocenters. The Labute approximate surface area is 71.2 Å². The Morgan fingerprint density at radius 3 is 3.08 bits per heavy atom. The molecule has 1 heterocycles. The second kappa shape index (κ2) is 3.88. The molecule has 1 aromatic rings. The van der Waals surface area contributed by atoms with Crippen molar-refractivity contribution >= 4 is 0 Å². The molecule has 0 aliphatic rings. The molecule has 64 valence electrons. The molecule has 0 aliphatic heterocycles. The van der Waals surface area contributed by atoms with Gasteiger partial charge in [-0.25, -0.2) is 0 Å². The summed E-state index contributed by atoms with van der Waals surface area (Å²) in [6.45, 7) is 4.21. The van der Waals surface area contributed by atoms with Crippen LogP contribution in [-0.2, 0) is 6.54 Å². The summed E-state index contributed by atoms with van der Waals surface area (Å²) in [6.07, 6.45) is 0. The van der Waals surface area contributed by atoms with Crippen molar-refractivity contribution in [1.29, 1.82) is 5.26 Å². The van der Waals surface area contributed by atoms with Gasteiger partial charge in [-0.2, -0.15) is 5.26 Å². The maximum atomic E-state index is 8.46. The van der Waals surface area contributed by atoms with Gasteiger partial charge in [0.1, 0.15) is 5.76 Å². The number of nitrogens with zero attached hydrogens (tertiary/aromatic N) is 2. The Kier molecular flexibility index (Phi) is 2.83. The number of hydrogen-bond donors (Lipinski definition) is 1. The van der Waals surface area contributed by atoms with Crippen LogP contribution in [0, 0.1) is 18.3 Å². The number of nitrogens with one attached hydrogen (secondary N) is 1. The smallest absolute Gasteiger partial charge is 0.133 e. The van der Waals surface area contributed by atoms with Gasteiger partial charge in [0, 0.05) is 12.6 Å². The number of aromatic nitrogens is 1. The van der Waals surface area contributed by atoms with Gasteiger partial charge in [-0.3, -0.25) is 5.32 Å². The highest BCUT2D eigenvalue weighted by molar-refractivity contribution is 5.03. The zero-order valence-electron chi connectivity index (χ0n) is 7.16. The summed E-state index contributed by atoms with van der Waals surface area (Å²) in [5, 5.41) is 15.2. The molecule has 0 bridgehead atoms. The van der Waals surface area contributed by atoms with Gasteiger partial charge in [0.2, 0.25) is 0 Å². The van der Waals surface area contributed by atoms with E-state index in [2.05, 4.69) is 16.5 Å². The van der Waals surface area contributed by atoms with Crippen molar-refractivity contribution in [2.75, 3.05) is 0 Å². The summed E-state index contributed by atoms with van der Waals surface area (Å²) in [5.41, 5.74) is 0.828. The van der Waals surface area contributed by atoms with Crippen LogP contribution in [0.3, 0.4) is 0 Å². The SMILES string of the molecule is Cc1cc(CNC(C)C#N)no1. The Balaban J connectivity index is 2.39. The fourth-order valence-electron chi connectivity index (χ4n) is 0.805. The number of hydrogen-bond acceptors (Lipinski definition) is 4. The van der Waals surface area contributed by atoms with Gasteiger partial charge < -0.3 is 4.52 Å². The molecule has 0 fully saturated rings. The van der Waals surface area contributed by atoms with Crippen LogP contribution in [0.4, 0.5) is 0 Å². The van der Waals surface area contributed by atoms with E-state index < -0.39 is 0 Å². The van der Waals surface area contributed by atoms with E-state index in [1.807, 2.05) is 13.0 Å². The highest BCUT2D eigenvalue weighted by Crippen LogP contribution is 2.00. The predicted molar refractivity (Wildman–Crippen MR) is 43.2 cm³/mol. The van der Waals surface area contributed by atoms with E-state index in [0.717, 1.165) is 11.5 Å².